The van der Waals surface area contributed by atoms with Crippen molar-refractivity contribution < 1.29 is 4.79 Å². The summed E-state index contributed by atoms with van der Waals surface area (Å²) in [6.45, 7) is 0. The summed E-state index contributed by atoms with van der Waals surface area (Å²) in [5.41, 5.74) is 2.19. The lowest BCUT2D eigenvalue weighted by Gasteiger charge is -2.16. The fraction of sp³-hybridized carbons (Fsp3) is 0.357. The molecular formula is C14H14BrN3O. The van der Waals surface area contributed by atoms with Gasteiger partial charge in [-0.25, -0.2) is 0 Å². The van der Waals surface area contributed by atoms with Crippen molar-refractivity contribution in [1.82, 2.24) is 15.3 Å². The topological polar surface area (TPSA) is 54.9 Å². The average molecular weight is 320 g/mol. The van der Waals surface area contributed by atoms with Crippen molar-refractivity contribution in [3.63, 3.8) is 0 Å². The van der Waals surface area contributed by atoms with Crippen LogP contribution in [0, 0.1) is 0 Å². The van der Waals surface area contributed by atoms with Gasteiger partial charge in [0, 0.05) is 28.8 Å². The van der Waals surface area contributed by atoms with Gasteiger partial charge in [0.05, 0.1) is 11.0 Å². The largest absolute Gasteiger partial charge is 0.348 e. The molecule has 2 aromatic rings. The second-order valence-electron chi connectivity index (χ2n) is 4.79. The number of amides is 1. The number of aromatic nitrogens is 2. The van der Waals surface area contributed by atoms with E-state index in [2.05, 4.69) is 31.2 Å². The first-order valence-electron chi connectivity index (χ1n) is 6.40. The zero-order valence-electron chi connectivity index (χ0n) is 10.3. The maximum Gasteiger partial charge on any atom is 0.251 e. The van der Waals surface area contributed by atoms with Crippen molar-refractivity contribution >= 4 is 32.9 Å². The Balaban J connectivity index is 1.81. The summed E-state index contributed by atoms with van der Waals surface area (Å²) in [7, 11) is 0. The van der Waals surface area contributed by atoms with Crippen LogP contribution >= 0.6 is 15.9 Å². The van der Waals surface area contributed by atoms with Crippen molar-refractivity contribution in [3.8, 4) is 0 Å². The monoisotopic (exact) mass is 319 g/mol. The number of hydrogen-bond donors (Lipinski definition) is 1. The molecule has 0 aliphatic heterocycles. The van der Waals surface area contributed by atoms with Crippen LogP contribution in [0.2, 0.25) is 0 Å². The molecule has 0 radical (unpaired) electrons. The molecule has 0 bridgehead atoms. The summed E-state index contributed by atoms with van der Waals surface area (Å²) in [6, 6.07) is 5.64. The molecule has 1 saturated carbocycles. The minimum atomic E-state index is -0.0381. The van der Waals surface area contributed by atoms with Gasteiger partial charge < -0.3 is 5.32 Å². The minimum absolute atomic E-state index is 0.0381. The molecule has 98 valence electrons. The molecule has 5 heteroatoms. The van der Waals surface area contributed by atoms with E-state index in [1.165, 1.54) is 0 Å². The molecule has 1 aromatic carbocycles. The number of halogens is 1. The van der Waals surface area contributed by atoms with Crippen LogP contribution in [0.15, 0.2) is 30.6 Å². The van der Waals surface area contributed by atoms with E-state index in [9.17, 15) is 4.79 Å². The molecule has 1 aliphatic carbocycles. The Bertz CT molecular complexity index is 616. The number of hydrogen-bond acceptors (Lipinski definition) is 3. The number of carbonyl (C=O) groups excluding carboxylic acids is 1. The summed E-state index contributed by atoms with van der Waals surface area (Å²) in [5.74, 6) is -0.0381. The van der Waals surface area contributed by atoms with E-state index in [1.807, 2.05) is 6.07 Å². The van der Waals surface area contributed by atoms with Gasteiger partial charge in [-0.15, -0.1) is 0 Å². The Labute approximate surface area is 119 Å². The van der Waals surface area contributed by atoms with Crippen molar-refractivity contribution in [2.45, 2.75) is 30.1 Å². The number of rotatable bonds is 2. The highest BCUT2D eigenvalue weighted by Gasteiger charge is 2.26. The highest BCUT2D eigenvalue weighted by Crippen LogP contribution is 2.25. The third-order valence-electron chi connectivity index (χ3n) is 3.48. The number of nitrogens with zero attached hydrogens (tertiary/aromatic N) is 2. The Hall–Kier alpha value is -1.49. The summed E-state index contributed by atoms with van der Waals surface area (Å²) < 4.78 is 0. The lowest BCUT2D eigenvalue weighted by atomic mass is 10.1. The molecule has 3 rings (SSSR count). The van der Waals surface area contributed by atoms with Gasteiger partial charge in [-0.1, -0.05) is 22.4 Å². The van der Waals surface area contributed by atoms with Crippen LogP contribution in [-0.4, -0.2) is 26.7 Å². The fourth-order valence-electron chi connectivity index (χ4n) is 2.43. The van der Waals surface area contributed by atoms with Gasteiger partial charge in [-0.05, 0) is 31.0 Å². The van der Waals surface area contributed by atoms with Crippen LogP contribution in [0.3, 0.4) is 0 Å². The summed E-state index contributed by atoms with van der Waals surface area (Å²) in [4.78, 5) is 21.0. The first kappa shape index (κ1) is 12.5. The zero-order chi connectivity index (χ0) is 13.2. The third kappa shape index (κ3) is 2.61. The Morgan fingerprint density at radius 1 is 1.21 bits per heavy atom. The molecule has 2 atom stereocenters. The molecule has 1 aliphatic rings. The molecule has 0 spiro atoms. The molecule has 2 unspecified atom stereocenters. The Morgan fingerprint density at radius 3 is 2.74 bits per heavy atom. The van der Waals surface area contributed by atoms with E-state index in [-0.39, 0.29) is 11.9 Å². The molecule has 0 saturated heterocycles. The highest BCUT2D eigenvalue weighted by atomic mass is 79.9. The third-order valence-corrected chi connectivity index (χ3v) is 4.58. The predicted molar refractivity (Wildman–Crippen MR) is 77.4 cm³/mol. The highest BCUT2D eigenvalue weighted by molar-refractivity contribution is 9.09. The second-order valence-corrected chi connectivity index (χ2v) is 5.96. The van der Waals surface area contributed by atoms with Crippen molar-refractivity contribution in [3.05, 3.63) is 36.2 Å². The predicted octanol–water partition coefficient (Wildman–Crippen LogP) is 2.68. The van der Waals surface area contributed by atoms with Gasteiger partial charge in [0.25, 0.3) is 5.91 Å². The smallest absolute Gasteiger partial charge is 0.251 e. The van der Waals surface area contributed by atoms with Gasteiger partial charge in [0.15, 0.2) is 0 Å². The standard InChI is InChI=1S/C14H14BrN3O/c15-10-2-1-3-11(10)18-14(19)9-4-5-12-13(8-9)17-7-6-16-12/h4-8,10-11H,1-3H2,(H,18,19). The molecular weight excluding hydrogens is 306 g/mol. The quantitative estimate of drug-likeness (QED) is 0.866. The van der Waals surface area contributed by atoms with Gasteiger partial charge in [0.1, 0.15) is 0 Å². The van der Waals surface area contributed by atoms with E-state index in [0.717, 1.165) is 30.3 Å². The lowest BCUT2D eigenvalue weighted by molar-refractivity contribution is 0.0939. The first-order chi connectivity index (χ1) is 9.24. The summed E-state index contributed by atoms with van der Waals surface area (Å²) >= 11 is 3.61. The SMILES string of the molecule is O=C(NC1CCCC1Br)c1ccc2nccnc2c1. The number of nitrogens with one attached hydrogen (secondary N) is 1. The van der Waals surface area contributed by atoms with Crippen LogP contribution in [-0.2, 0) is 0 Å². The maximum absolute atomic E-state index is 12.2. The van der Waals surface area contributed by atoms with E-state index >= 15 is 0 Å². The van der Waals surface area contributed by atoms with Crippen LogP contribution in [0.1, 0.15) is 29.6 Å². The van der Waals surface area contributed by atoms with Gasteiger partial charge in [-0.3, -0.25) is 14.8 Å². The van der Waals surface area contributed by atoms with Crippen LogP contribution in [0.5, 0.6) is 0 Å². The van der Waals surface area contributed by atoms with Crippen molar-refractivity contribution in [2.24, 2.45) is 0 Å². The molecule has 1 N–H and O–H groups in total. The number of alkyl halides is 1. The van der Waals surface area contributed by atoms with Crippen LogP contribution in [0.25, 0.3) is 11.0 Å². The molecule has 1 fully saturated rings. The van der Waals surface area contributed by atoms with E-state index in [1.54, 1.807) is 24.5 Å². The molecule has 19 heavy (non-hydrogen) atoms. The Kier molecular flexibility index (Phi) is 3.46. The van der Waals surface area contributed by atoms with Gasteiger partial charge >= 0.3 is 0 Å². The minimum Gasteiger partial charge on any atom is -0.348 e. The number of fused-ring (bicyclic) bond motifs is 1. The van der Waals surface area contributed by atoms with Crippen LogP contribution < -0.4 is 5.32 Å². The van der Waals surface area contributed by atoms with Crippen molar-refractivity contribution in [2.75, 3.05) is 0 Å². The number of benzene rings is 1. The average Bonchev–Trinajstić information content (AvgIpc) is 2.84. The zero-order valence-corrected chi connectivity index (χ0v) is 11.9. The number of carbonyl (C=O) groups is 1. The fourth-order valence-corrected chi connectivity index (χ4v) is 3.15. The summed E-state index contributed by atoms with van der Waals surface area (Å²) in [5, 5.41) is 3.08. The maximum atomic E-state index is 12.2. The Morgan fingerprint density at radius 2 is 2.00 bits per heavy atom. The van der Waals surface area contributed by atoms with Gasteiger partial charge in [0.2, 0.25) is 0 Å². The lowest BCUT2D eigenvalue weighted by Crippen LogP contribution is -2.37. The second kappa shape index (κ2) is 5.25. The van der Waals surface area contributed by atoms with Crippen molar-refractivity contribution in [1.29, 1.82) is 0 Å². The van der Waals surface area contributed by atoms with Crippen LogP contribution in [0.4, 0.5) is 0 Å². The van der Waals surface area contributed by atoms with E-state index in [4.69, 9.17) is 0 Å². The molecule has 1 aromatic heterocycles. The normalized spacial score (nSPS) is 22.6. The van der Waals surface area contributed by atoms with Gasteiger partial charge in [-0.2, -0.15) is 0 Å². The molecule has 1 amide bonds. The van der Waals surface area contributed by atoms with E-state index in [0.29, 0.717) is 10.4 Å². The van der Waals surface area contributed by atoms with E-state index < -0.39 is 0 Å². The first-order valence-corrected chi connectivity index (χ1v) is 7.31. The molecule has 1 heterocycles. The molecule has 4 nitrogen and oxygen atoms in total. The summed E-state index contributed by atoms with van der Waals surface area (Å²) in [6.07, 6.45) is 6.60.